The van der Waals surface area contributed by atoms with Gasteiger partial charge in [-0.3, -0.25) is 0 Å². The molecule has 26 heavy (non-hydrogen) atoms. The molecule has 0 rings (SSSR count). The summed E-state index contributed by atoms with van der Waals surface area (Å²) in [7, 11) is 0. The second-order valence-corrected chi connectivity index (χ2v) is 9.86. The molecule has 0 aliphatic carbocycles. The van der Waals surface area contributed by atoms with Gasteiger partial charge in [-0.2, -0.15) is 0 Å². The van der Waals surface area contributed by atoms with Crippen LogP contribution >= 0.6 is 11.8 Å². The van der Waals surface area contributed by atoms with E-state index in [1.807, 2.05) is 0 Å². The van der Waals surface area contributed by atoms with Crippen molar-refractivity contribution in [2.24, 2.45) is 0 Å². The number of rotatable bonds is 5. The van der Waals surface area contributed by atoms with Gasteiger partial charge in [0.25, 0.3) is 0 Å². The van der Waals surface area contributed by atoms with Crippen molar-refractivity contribution in [3.8, 4) is 0 Å². The summed E-state index contributed by atoms with van der Waals surface area (Å²) in [5, 5.41) is 2.08. The van der Waals surface area contributed by atoms with Gasteiger partial charge in [-0.15, -0.1) is 0 Å². The third-order valence-electron chi connectivity index (χ3n) is 2.40. The van der Waals surface area contributed by atoms with Gasteiger partial charge < -0.3 is 19.5 Å². The van der Waals surface area contributed by atoms with Crippen molar-refractivity contribution in [1.29, 1.82) is 0 Å². The monoisotopic (exact) mass is 391 g/mol. The van der Waals surface area contributed by atoms with Gasteiger partial charge in [0.2, 0.25) is 0 Å². The maximum Gasteiger partial charge on any atom is 0.408 e. The minimum atomic E-state index is -0.918. The number of nitrogens with one attached hydrogen (secondary N) is 1. The number of carbonyl (C=O) groups excluding carboxylic acids is 3. The van der Waals surface area contributed by atoms with Gasteiger partial charge >= 0.3 is 17.4 Å². The van der Waals surface area contributed by atoms with E-state index in [-0.39, 0.29) is 12.2 Å². The minimum absolute atomic E-state index is 0.206. The summed E-state index contributed by atoms with van der Waals surface area (Å²) in [4.78, 5) is 36.1. The molecular weight excluding hydrogens is 358 g/mol. The number of esters is 1. The van der Waals surface area contributed by atoms with Crippen LogP contribution in [0.3, 0.4) is 0 Å². The Hall–Kier alpha value is -1.44. The summed E-state index contributed by atoms with van der Waals surface area (Å²) in [6.45, 7) is 15.7. The topological polar surface area (TPSA) is 90.9 Å². The van der Waals surface area contributed by atoms with E-state index in [2.05, 4.69) is 5.32 Å². The Balaban J connectivity index is 4.80. The summed E-state index contributed by atoms with van der Waals surface area (Å²) in [5.74, 6) is -0.289. The molecule has 0 saturated heterocycles. The third-order valence-corrected chi connectivity index (χ3v) is 3.16. The molecule has 0 heterocycles. The molecule has 152 valence electrons. The molecule has 0 aliphatic rings. The second-order valence-electron chi connectivity index (χ2n) is 8.83. The Morgan fingerprint density at radius 3 is 1.69 bits per heavy atom. The summed E-state index contributed by atoms with van der Waals surface area (Å²) in [6.07, 6.45) is -0.506. The molecule has 0 saturated carbocycles. The quantitative estimate of drug-likeness (QED) is 0.552. The molecule has 0 aromatic heterocycles. The van der Waals surface area contributed by atoms with Crippen LogP contribution in [-0.2, 0) is 19.0 Å². The molecule has 0 aliphatic heterocycles. The summed E-state index contributed by atoms with van der Waals surface area (Å²) < 4.78 is 15.7. The van der Waals surface area contributed by atoms with E-state index in [9.17, 15) is 14.4 Å². The van der Waals surface area contributed by atoms with Gasteiger partial charge in [-0.05, 0) is 80.5 Å². The lowest BCUT2D eigenvalue weighted by Crippen LogP contribution is -2.46. The fourth-order valence-corrected chi connectivity index (χ4v) is 2.44. The first-order valence-corrected chi connectivity index (χ1v) is 9.55. The molecule has 8 heteroatoms. The van der Waals surface area contributed by atoms with Crippen LogP contribution in [0.5, 0.6) is 0 Å². The number of amides is 1. The van der Waals surface area contributed by atoms with E-state index >= 15 is 0 Å². The Kier molecular flexibility index (Phi) is 8.96. The lowest BCUT2D eigenvalue weighted by Gasteiger charge is -2.26. The standard InChI is InChI=1S/C18H33NO6S/c1-16(2,3)23-13(20)12(19-14(21)24-17(4,5)6)10-11-26-15(22)25-18(7,8)9/h12H,10-11H2,1-9H3,(H,19,21)/t12-/m0/s1. The van der Waals surface area contributed by atoms with E-state index < -0.39 is 40.2 Å². The highest BCUT2D eigenvalue weighted by Gasteiger charge is 2.29. The highest BCUT2D eigenvalue weighted by atomic mass is 32.2. The normalized spacial score (nSPS) is 13.6. The van der Waals surface area contributed by atoms with Gasteiger partial charge in [0.05, 0.1) is 0 Å². The largest absolute Gasteiger partial charge is 0.458 e. The van der Waals surface area contributed by atoms with Gasteiger partial charge in [-0.1, -0.05) is 0 Å². The van der Waals surface area contributed by atoms with Crippen LogP contribution in [0.2, 0.25) is 0 Å². The molecule has 0 aromatic carbocycles. The molecule has 7 nitrogen and oxygen atoms in total. The smallest absolute Gasteiger partial charge is 0.408 e. The maximum atomic E-state index is 12.3. The Bertz CT molecular complexity index is 499. The first-order valence-electron chi connectivity index (χ1n) is 8.57. The van der Waals surface area contributed by atoms with Crippen LogP contribution in [-0.4, -0.2) is 46.0 Å². The van der Waals surface area contributed by atoms with Gasteiger partial charge in [0.1, 0.15) is 22.8 Å². The number of thioether (sulfide) groups is 1. The predicted octanol–water partition coefficient (Wildman–Crippen LogP) is 4.28. The fraction of sp³-hybridized carbons (Fsp3) is 0.833. The molecule has 0 bridgehead atoms. The maximum absolute atomic E-state index is 12.3. The van der Waals surface area contributed by atoms with Crippen LogP contribution in [0, 0.1) is 0 Å². The summed E-state index contributed by atoms with van der Waals surface area (Å²) in [5.41, 5.74) is -1.96. The van der Waals surface area contributed by atoms with Gasteiger partial charge in [-0.25, -0.2) is 14.4 Å². The Labute approximate surface area is 160 Å². The average Bonchev–Trinajstić information content (AvgIpc) is 2.30. The SMILES string of the molecule is CC(C)(C)OC(=O)N[C@@H](CCSC(=O)OC(C)(C)C)C(=O)OC(C)(C)C. The van der Waals surface area contributed by atoms with E-state index in [0.29, 0.717) is 0 Å². The molecule has 0 unspecified atom stereocenters. The van der Waals surface area contributed by atoms with Crippen LogP contribution < -0.4 is 5.32 Å². The van der Waals surface area contributed by atoms with Crippen molar-refractivity contribution in [3.05, 3.63) is 0 Å². The molecule has 1 N–H and O–H groups in total. The van der Waals surface area contributed by atoms with Crippen molar-refractivity contribution in [3.63, 3.8) is 0 Å². The van der Waals surface area contributed by atoms with Crippen molar-refractivity contribution in [1.82, 2.24) is 5.32 Å². The molecule has 0 spiro atoms. The average molecular weight is 392 g/mol. The van der Waals surface area contributed by atoms with Gasteiger partial charge in [0.15, 0.2) is 0 Å². The zero-order chi connectivity index (χ0) is 20.8. The molecule has 0 fully saturated rings. The minimum Gasteiger partial charge on any atom is -0.458 e. The predicted molar refractivity (Wildman–Crippen MR) is 102 cm³/mol. The van der Waals surface area contributed by atoms with E-state index in [1.165, 1.54) is 0 Å². The highest BCUT2D eigenvalue weighted by molar-refractivity contribution is 8.13. The first kappa shape index (κ1) is 24.6. The molecule has 1 amide bonds. The fourth-order valence-electron chi connectivity index (χ4n) is 1.61. The van der Waals surface area contributed by atoms with Crippen LogP contribution in [0.1, 0.15) is 68.7 Å². The van der Waals surface area contributed by atoms with Crippen molar-refractivity contribution in [2.45, 2.75) is 91.6 Å². The second kappa shape index (κ2) is 9.48. The Morgan fingerprint density at radius 1 is 0.808 bits per heavy atom. The van der Waals surface area contributed by atoms with E-state index in [4.69, 9.17) is 14.2 Å². The molecule has 1 atom stereocenters. The molecule has 0 radical (unpaired) electrons. The van der Waals surface area contributed by atoms with Crippen LogP contribution in [0.4, 0.5) is 9.59 Å². The lowest BCUT2D eigenvalue weighted by molar-refractivity contribution is -0.157. The zero-order valence-electron chi connectivity index (χ0n) is 17.3. The third kappa shape index (κ3) is 13.8. The lowest BCUT2D eigenvalue weighted by atomic mass is 10.1. The summed E-state index contributed by atoms with van der Waals surface area (Å²) >= 11 is 0.946. The summed E-state index contributed by atoms with van der Waals surface area (Å²) in [6, 6.07) is -0.918. The van der Waals surface area contributed by atoms with Crippen LogP contribution in [0.25, 0.3) is 0 Å². The van der Waals surface area contributed by atoms with Crippen molar-refractivity contribution < 1.29 is 28.6 Å². The van der Waals surface area contributed by atoms with E-state index in [0.717, 1.165) is 11.8 Å². The Morgan fingerprint density at radius 2 is 1.27 bits per heavy atom. The number of ether oxygens (including phenoxy) is 3. The van der Waals surface area contributed by atoms with Crippen molar-refractivity contribution in [2.75, 3.05) is 5.75 Å². The van der Waals surface area contributed by atoms with E-state index in [1.54, 1.807) is 62.3 Å². The molecular formula is C18H33NO6S. The zero-order valence-corrected chi connectivity index (χ0v) is 18.2. The molecule has 0 aromatic rings. The highest BCUT2D eigenvalue weighted by Crippen LogP contribution is 2.17. The number of hydrogen-bond acceptors (Lipinski definition) is 7. The van der Waals surface area contributed by atoms with Crippen molar-refractivity contribution >= 4 is 29.1 Å². The van der Waals surface area contributed by atoms with Crippen LogP contribution in [0.15, 0.2) is 0 Å². The first-order chi connectivity index (χ1) is 11.5. The van der Waals surface area contributed by atoms with Gasteiger partial charge in [0, 0.05) is 5.75 Å². The number of alkyl carbamates (subject to hydrolysis) is 1. The number of hydrogen-bond donors (Lipinski definition) is 1. The number of carbonyl (C=O) groups is 3.